The largest absolute Gasteiger partial charge is 0.480 e. The lowest BCUT2D eigenvalue weighted by Crippen LogP contribution is -2.48. The maximum atomic E-state index is 12.0. The molecule has 0 saturated carbocycles. The van der Waals surface area contributed by atoms with Crippen LogP contribution >= 0.6 is 0 Å². The van der Waals surface area contributed by atoms with E-state index in [4.69, 9.17) is 4.74 Å². The third-order valence-electron chi connectivity index (χ3n) is 3.42. The second kappa shape index (κ2) is 5.88. The van der Waals surface area contributed by atoms with E-state index in [1.165, 1.54) is 0 Å². The first-order valence-corrected chi connectivity index (χ1v) is 6.34. The zero-order chi connectivity index (χ0) is 13.8. The normalized spacial score (nSPS) is 20.8. The highest BCUT2D eigenvalue weighted by Crippen LogP contribution is 2.18. The van der Waals surface area contributed by atoms with Gasteiger partial charge in [-0.2, -0.15) is 0 Å². The number of H-pyrrole nitrogens is 1. The molecular formula is C13H18N2O4. The summed E-state index contributed by atoms with van der Waals surface area (Å²) in [6.07, 6.45) is 4.85. The molecular weight excluding hydrogens is 248 g/mol. The fraction of sp³-hybridized carbons (Fsp3) is 0.538. The van der Waals surface area contributed by atoms with Crippen LogP contribution in [-0.2, 0) is 9.53 Å². The molecule has 0 aromatic carbocycles. The van der Waals surface area contributed by atoms with Crippen LogP contribution < -0.4 is 5.32 Å². The molecule has 6 nitrogen and oxygen atoms in total. The van der Waals surface area contributed by atoms with E-state index in [-0.39, 0.29) is 11.8 Å². The van der Waals surface area contributed by atoms with Gasteiger partial charge < -0.3 is 20.1 Å². The van der Waals surface area contributed by atoms with Gasteiger partial charge >= 0.3 is 5.97 Å². The summed E-state index contributed by atoms with van der Waals surface area (Å²) in [7, 11) is 0. The number of carboxylic acids is 1. The Labute approximate surface area is 111 Å². The summed E-state index contributed by atoms with van der Waals surface area (Å²) < 4.78 is 5.29. The van der Waals surface area contributed by atoms with Gasteiger partial charge in [-0.05, 0) is 25.3 Å². The molecule has 1 aliphatic rings. The lowest BCUT2D eigenvalue weighted by Gasteiger charge is -2.28. The van der Waals surface area contributed by atoms with E-state index in [0.717, 1.165) is 18.4 Å². The number of aromatic nitrogens is 1. The van der Waals surface area contributed by atoms with Crippen LogP contribution in [0.15, 0.2) is 12.4 Å². The number of hydrogen-bond donors (Lipinski definition) is 3. The molecule has 3 N–H and O–H groups in total. The number of aromatic amines is 1. The number of hydrogen-bond acceptors (Lipinski definition) is 3. The number of rotatable bonds is 4. The molecule has 1 saturated heterocycles. The van der Waals surface area contributed by atoms with Crippen molar-refractivity contribution in [2.45, 2.75) is 25.8 Å². The first-order chi connectivity index (χ1) is 9.09. The first-order valence-electron chi connectivity index (χ1n) is 6.34. The van der Waals surface area contributed by atoms with Gasteiger partial charge in [0.15, 0.2) is 0 Å². The second-order valence-electron chi connectivity index (χ2n) is 4.82. The number of carboxylic acid groups (broad SMARTS) is 1. The number of nitrogens with one attached hydrogen (secondary N) is 2. The number of carbonyl (C=O) groups excluding carboxylic acids is 1. The number of aryl methyl sites for hydroxylation is 1. The minimum atomic E-state index is -1.02. The lowest BCUT2D eigenvalue weighted by atomic mass is 9.93. The molecule has 1 aromatic heterocycles. The van der Waals surface area contributed by atoms with Crippen molar-refractivity contribution in [2.24, 2.45) is 5.92 Å². The minimum absolute atomic E-state index is 0.172. The van der Waals surface area contributed by atoms with Gasteiger partial charge in [-0.25, -0.2) is 4.79 Å². The summed E-state index contributed by atoms with van der Waals surface area (Å²) in [6.45, 7) is 2.84. The molecule has 0 spiro atoms. The van der Waals surface area contributed by atoms with Crippen molar-refractivity contribution in [2.75, 3.05) is 13.2 Å². The van der Waals surface area contributed by atoms with Gasteiger partial charge in [0.25, 0.3) is 5.91 Å². The van der Waals surface area contributed by atoms with E-state index in [0.29, 0.717) is 18.8 Å². The quantitative estimate of drug-likeness (QED) is 0.756. The highest BCUT2D eigenvalue weighted by Gasteiger charge is 2.31. The van der Waals surface area contributed by atoms with E-state index >= 15 is 0 Å². The predicted molar refractivity (Wildman–Crippen MR) is 68.0 cm³/mol. The van der Waals surface area contributed by atoms with Crippen LogP contribution in [0.25, 0.3) is 0 Å². The summed E-state index contributed by atoms with van der Waals surface area (Å²) >= 11 is 0. The number of carbonyl (C=O) groups is 2. The second-order valence-corrected chi connectivity index (χ2v) is 4.82. The van der Waals surface area contributed by atoms with E-state index in [2.05, 4.69) is 10.3 Å². The van der Waals surface area contributed by atoms with Gasteiger partial charge in [0, 0.05) is 24.9 Å². The molecule has 1 aromatic rings. The van der Waals surface area contributed by atoms with E-state index in [1.54, 1.807) is 19.3 Å². The van der Waals surface area contributed by atoms with Crippen LogP contribution in [0.1, 0.15) is 28.8 Å². The third kappa shape index (κ3) is 3.14. The van der Waals surface area contributed by atoms with Crippen molar-refractivity contribution in [1.29, 1.82) is 0 Å². The number of aliphatic carboxylic acids is 1. The smallest absolute Gasteiger partial charge is 0.326 e. The highest BCUT2D eigenvalue weighted by molar-refractivity contribution is 5.97. The number of amides is 1. The Morgan fingerprint density at radius 2 is 2.32 bits per heavy atom. The van der Waals surface area contributed by atoms with Crippen LogP contribution in [0.3, 0.4) is 0 Å². The Morgan fingerprint density at radius 1 is 1.53 bits per heavy atom. The van der Waals surface area contributed by atoms with E-state index in [1.807, 2.05) is 0 Å². The summed E-state index contributed by atoms with van der Waals surface area (Å²) in [5.41, 5.74) is 1.27. The average Bonchev–Trinajstić information content (AvgIpc) is 2.82. The lowest BCUT2D eigenvalue weighted by molar-refractivity contribution is -0.142. The van der Waals surface area contributed by atoms with Crippen molar-refractivity contribution in [1.82, 2.24) is 10.3 Å². The van der Waals surface area contributed by atoms with Gasteiger partial charge in [-0.15, -0.1) is 0 Å². The molecule has 1 fully saturated rings. The van der Waals surface area contributed by atoms with Crippen molar-refractivity contribution in [3.63, 3.8) is 0 Å². The highest BCUT2D eigenvalue weighted by atomic mass is 16.5. The molecule has 2 heterocycles. The van der Waals surface area contributed by atoms with Crippen LogP contribution in [0.4, 0.5) is 0 Å². The van der Waals surface area contributed by atoms with Crippen LogP contribution in [0, 0.1) is 12.8 Å². The molecule has 2 atom stereocenters. The molecule has 19 heavy (non-hydrogen) atoms. The van der Waals surface area contributed by atoms with Crippen LogP contribution in [0.5, 0.6) is 0 Å². The molecule has 0 aliphatic carbocycles. The van der Waals surface area contributed by atoms with E-state index in [9.17, 15) is 14.7 Å². The maximum absolute atomic E-state index is 12.0. The minimum Gasteiger partial charge on any atom is -0.480 e. The summed E-state index contributed by atoms with van der Waals surface area (Å²) in [4.78, 5) is 26.2. The summed E-state index contributed by atoms with van der Waals surface area (Å²) in [6, 6.07) is -0.901. The standard InChI is InChI=1S/C13H18N2O4/c1-8-5-14-6-10(8)12(16)15-11(13(17)18)9-3-2-4-19-7-9/h5-6,9,11,14H,2-4,7H2,1H3,(H,15,16)(H,17,18). The van der Waals surface area contributed by atoms with Crippen molar-refractivity contribution in [3.8, 4) is 0 Å². The zero-order valence-electron chi connectivity index (χ0n) is 10.8. The third-order valence-corrected chi connectivity index (χ3v) is 3.42. The summed E-state index contributed by atoms with van der Waals surface area (Å²) in [5, 5.41) is 11.9. The molecule has 6 heteroatoms. The molecule has 2 rings (SSSR count). The van der Waals surface area contributed by atoms with Gasteiger partial charge in [0.05, 0.1) is 12.2 Å². The van der Waals surface area contributed by atoms with Gasteiger partial charge in [-0.3, -0.25) is 4.79 Å². The van der Waals surface area contributed by atoms with Crippen molar-refractivity contribution in [3.05, 3.63) is 23.5 Å². The Hall–Kier alpha value is -1.82. The fourth-order valence-electron chi connectivity index (χ4n) is 2.31. The monoisotopic (exact) mass is 266 g/mol. The fourth-order valence-corrected chi connectivity index (χ4v) is 2.31. The van der Waals surface area contributed by atoms with Gasteiger partial charge in [0.2, 0.25) is 0 Å². The van der Waals surface area contributed by atoms with Crippen molar-refractivity contribution >= 4 is 11.9 Å². The van der Waals surface area contributed by atoms with Crippen LogP contribution in [-0.4, -0.2) is 41.2 Å². The maximum Gasteiger partial charge on any atom is 0.326 e. The zero-order valence-corrected chi connectivity index (χ0v) is 10.8. The van der Waals surface area contributed by atoms with Crippen LogP contribution in [0.2, 0.25) is 0 Å². The Bertz CT molecular complexity index is 463. The van der Waals surface area contributed by atoms with Gasteiger partial charge in [0.1, 0.15) is 6.04 Å². The average molecular weight is 266 g/mol. The molecule has 1 aliphatic heterocycles. The Morgan fingerprint density at radius 3 is 2.84 bits per heavy atom. The first kappa shape index (κ1) is 13.6. The molecule has 104 valence electrons. The molecule has 1 amide bonds. The molecule has 0 radical (unpaired) electrons. The van der Waals surface area contributed by atoms with Crippen molar-refractivity contribution < 1.29 is 19.4 Å². The van der Waals surface area contributed by atoms with E-state index < -0.39 is 12.0 Å². The summed E-state index contributed by atoms with van der Waals surface area (Å²) in [5.74, 6) is -1.55. The molecule has 0 bridgehead atoms. The van der Waals surface area contributed by atoms with Gasteiger partial charge in [-0.1, -0.05) is 0 Å². The predicted octanol–water partition coefficient (Wildman–Crippen LogP) is 0.933. The Balaban J connectivity index is 2.06. The topological polar surface area (TPSA) is 91.4 Å². The molecule has 2 unspecified atom stereocenters. The SMILES string of the molecule is Cc1c[nH]cc1C(=O)NC(C(=O)O)C1CCCOC1. The number of ether oxygens (including phenoxy) is 1. The Kier molecular flexibility index (Phi) is 4.21.